The Hall–Kier alpha value is -7.60. The number of nitrogens with one attached hydrogen (secondary N) is 1. The molecule has 0 atom stereocenters. The zero-order valence-corrected chi connectivity index (χ0v) is 48.7. The number of aromatic amines is 1. The van der Waals surface area contributed by atoms with Crippen molar-refractivity contribution in [2.45, 2.75) is 156 Å². The van der Waals surface area contributed by atoms with Crippen molar-refractivity contribution >= 4 is 46.5 Å². The van der Waals surface area contributed by atoms with E-state index in [9.17, 15) is 5.11 Å². The average Bonchev–Trinajstić information content (AvgIpc) is 4.40. The molecule has 0 amide bonds. The summed E-state index contributed by atoms with van der Waals surface area (Å²) in [4.78, 5) is 14.9. The van der Waals surface area contributed by atoms with Crippen molar-refractivity contribution in [3.05, 3.63) is 150 Å². The van der Waals surface area contributed by atoms with Gasteiger partial charge in [-0.1, -0.05) is 177 Å². The molecule has 5 heterocycles. The highest BCUT2D eigenvalue weighted by atomic mass is 16.5. The number of nitrogens with zero attached hydrogens (tertiary/aromatic N) is 2. The van der Waals surface area contributed by atoms with E-state index in [1.165, 1.54) is 96.3 Å². The van der Waals surface area contributed by atoms with Crippen molar-refractivity contribution in [3.8, 4) is 73.6 Å². The Labute approximate surface area is 481 Å². The lowest BCUT2D eigenvalue weighted by molar-refractivity contribution is 0.143. The average molecular weight is 1080 g/mol. The molecule has 4 aromatic carbocycles. The molecule has 0 saturated carbocycles. The van der Waals surface area contributed by atoms with Crippen LogP contribution in [0.15, 0.2) is 126 Å². The summed E-state index contributed by atoms with van der Waals surface area (Å²) in [5, 5.41) is 10.4. The monoisotopic (exact) mass is 1080 g/mol. The van der Waals surface area contributed by atoms with Crippen LogP contribution in [0, 0.1) is 11.8 Å². The van der Waals surface area contributed by atoms with Gasteiger partial charge in [0, 0.05) is 27.7 Å². The fourth-order valence-corrected chi connectivity index (χ4v) is 10.6. The van der Waals surface area contributed by atoms with Gasteiger partial charge in [0.25, 0.3) is 0 Å². The van der Waals surface area contributed by atoms with Crippen molar-refractivity contribution < 1.29 is 23.7 Å². The maximum atomic E-state index is 10.4. The molecule has 8 heteroatoms. The second kappa shape index (κ2) is 29.2. The number of rotatable bonds is 28. The molecule has 2 aliphatic rings. The highest BCUT2D eigenvalue weighted by Crippen LogP contribution is 2.40. The van der Waals surface area contributed by atoms with Gasteiger partial charge in [-0.3, -0.25) is 0 Å². The quantitative estimate of drug-likeness (QED) is 0.0372. The van der Waals surface area contributed by atoms with Crippen molar-refractivity contribution in [2.24, 2.45) is 0 Å². The molecule has 2 N–H and O–H groups in total. The second-order valence-electron chi connectivity index (χ2n) is 22.2. The highest BCUT2D eigenvalue weighted by Gasteiger charge is 2.21. The molecular formula is C73H83N3O5. The first kappa shape index (κ1) is 58.1. The first-order chi connectivity index (χ1) is 39.7. The SMILES string of the molecule is CCCCCCCCOc1ccc(-c2c3nc(c(-c4ccc(C#CC(C)(C)O)cc4)c4ccc(o4)c(-c4ccc(OCCCCCCCC)cc4)c4nc(c(-c5ccc(OCCCCCCCC)cc5)c5ccc2[nH]5)C=C4)C=C3)cc1. The van der Waals surface area contributed by atoms with Crippen LogP contribution >= 0.6 is 0 Å². The van der Waals surface area contributed by atoms with Crippen LogP contribution < -0.4 is 14.2 Å². The third-order valence-corrected chi connectivity index (χ3v) is 15.0. The third-order valence-electron chi connectivity index (χ3n) is 15.0. The fraction of sp³-hybridized carbons (Fsp3) is 0.370. The maximum absolute atomic E-state index is 10.4. The molecule has 0 aliphatic carbocycles. The first-order valence-electron chi connectivity index (χ1n) is 30.3. The van der Waals surface area contributed by atoms with Gasteiger partial charge in [-0.25, -0.2) is 9.97 Å². The largest absolute Gasteiger partial charge is 0.494 e. The molecule has 0 unspecified atom stereocenters. The summed E-state index contributed by atoms with van der Waals surface area (Å²) >= 11 is 0. The van der Waals surface area contributed by atoms with Crippen LogP contribution in [0.5, 0.6) is 17.2 Å². The van der Waals surface area contributed by atoms with Crippen LogP contribution in [-0.2, 0) is 0 Å². The van der Waals surface area contributed by atoms with Crippen molar-refractivity contribution in [2.75, 3.05) is 19.8 Å². The number of aromatic nitrogens is 3. The van der Waals surface area contributed by atoms with E-state index in [1.54, 1.807) is 13.8 Å². The lowest BCUT2D eigenvalue weighted by Gasteiger charge is -2.10. The van der Waals surface area contributed by atoms with Crippen molar-refractivity contribution in [1.29, 1.82) is 0 Å². The number of ether oxygens (including phenoxy) is 3. The number of unbranched alkanes of at least 4 members (excludes halogenated alkanes) is 15. The van der Waals surface area contributed by atoms with E-state index in [4.69, 9.17) is 28.6 Å². The maximum Gasteiger partial charge on any atom is 0.137 e. The summed E-state index contributed by atoms with van der Waals surface area (Å²) < 4.78 is 26.0. The number of hydrogen-bond acceptors (Lipinski definition) is 7. The van der Waals surface area contributed by atoms with E-state index < -0.39 is 5.60 Å². The Morgan fingerprint density at radius 2 is 0.728 bits per heavy atom. The van der Waals surface area contributed by atoms with Gasteiger partial charge in [-0.15, -0.1) is 0 Å². The van der Waals surface area contributed by atoms with Gasteiger partial charge in [0.1, 0.15) is 34.0 Å². The van der Waals surface area contributed by atoms with E-state index in [0.717, 1.165) is 120 Å². The molecule has 7 aromatic rings. The zero-order chi connectivity index (χ0) is 56.2. The van der Waals surface area contributed by atoms with Crippen LogP contribution in [-0.4, -0.2) is 45.5 Å². The van der Waals surface area contributed by atoms with Gasteiger partial charge in [0.05, 0.1) is 53.7 Å². The number of benzene rings is 4. The van der Waals surface area contributed by atoms with E-state index in [2.05, 4.69) is 159 Å². The van der Waals surface area contributed by atoms with Crippen molar-refractivity contribution in [3.63, 3.8) is 0 Å². The van der Waals surface area contributed by atoms with E-state index in [0.29, 0.717) is 31.0 Å². The van der Waals surface area contributed by atoms with Gasteiger partial charge in [-0.2, -0.15) is 0 Å². The van der Waals surface area contributed by atoms with Crippen LogP contribution in [0.3, 0.4) is 0 Å². The molecule has 81 heavy (non-hydrogen) atoms. The van der Waals surface area contributed by atoms with Gasteiger partial charge < -0.3 is 28.7 Å². The molecule has 420 valence electrons. The number of furan rings is 1. The molecule has 0 spiro atoms. The minimum atomic E-state index is -1.12. The molecule has 0 fully saturated rings. The van der Waals surface area contributed by atoms with Crippen LogP contribution in [0.4, 0.5) is 0 Å². The molecule has 0 radical (unpaired) electrons. The third kappa shape index (κ3) is 16.1. The normalized spacial score (nSPS) is 11.9. The summed E-state index contributed by atoms with van der Waals surface area (Å²) in [6.07, 6.45) is 30.2. The van der Waals surface area contributed by atoms with Gasteiger partial charge in [0.15, 0.2) is 0 Å². The number of fused-ring (bicyclic) bond motifs is 8. The molecule has 3 aromatic heterocycles. The lowest BCUT2D eigenvalue weighted by atomic mass is 10.0. The molecule has 0 saturated heterocycles. The standard InChI is InChI=1S/C73H83N3O5/c1-6-9-12-15-18-21-50-78-58-34-28-54(29-35-58)69-61-40-41-62(74-61)70(55-30-36-59(37-31-55)79-51-22-19-16-13-10-7-2)64-43-45-66(76-64)72(57-32-38-60(39-33-57)80-52-23-20-17-14-11-8-3)68-47-46-67(81-68)71(65-44-42-63(69)75-65)56-26-24-53(25-27-56)48-49-73(4,5)77/h24-47,74,77H,6-23,50-52H2,1-5H3. The Morgan fingerprint density at radius 1 is 0.407 bits per heavy atom. The first-order valence-corrected chi connectivity index (χ1v) is 30.3. The Morgan fingerprint density at radius 3 is 1.09 bits per heavy atom. The summed E-state index contributed by atoms with van der Waals surface area (Å²) in [5.41, 5.74) is 13.4. The topological polar surface area (TPSA) is 103 Å². The lowest BCUT2D eigenvalue weighted by Crippen LogP contribution is -2.14. The van der Waals surface area contributed by atoms with E-state index >= 15 is 0 Å². The van der Waals surface area contributed by atoms with E-state index in [-0.39, 0.29) is 0 Å². The molecule has 9 rings (SSSR count). The minimum absolute atomic E-state index is 0.655. The van der Waals surface area contributed by atoms with Crippen molar-refractivity contribution in [1.82, 2.24) is 15.0 Å². The van der Waals surface area contributed by atoms with Gasteiger partial charge in [-0.05, 0) is 152 Å². The summed E-state index contributed by atoms with van der Waals surface area (Å²) in [7, 11) is 0. The summed E-state index contributed by atoms with van der Waals surface area (Å²) in [5.74, 6) is 8.64. The number of H-pyrrole nitrogens is 1. The van der Waals surface area contributed by atoms with E-state index in [1.807, 2.05) is 24.3 Å². The van der Waals surface area contributed by atoms with Crippen LogP contribution in [0.2, 0.25) is 0 Å². The zero-order valence-electron chi connectivity index (χ0n) is 48.7. The molecule has 8 nitrogen and oxygen atoms in total. The van der Waals surface area contributed by atoms with Crippen LogP contribution in [0.25, 0.3) is 91.0 Å². The van der Waals surface area contributed by atoms with Gasteiger partial charge in [0.2, 0.25) is 0 Å². The smallest absolute Gasteiger partial charge is 0.137 e. The fourth-order valence-electron chi connectivity index (χ4n) is 10.6. The number of aliphatic hydroxyl groups is 1. The Kier molecular flexibility index (Phi) is 20.9. The molecule has 8 bridgehead atoms. The summed E-state index contributed by atoms with van der Waals surface area (Å²) in [6.45, 7) is 12.2. The second-order valence-corrected chi connectivity index (χ2v) is 22.2. The number of hydrogen-bond donors (Lipinski definition) is 2. The molecule has 2 aliphatic heterocycles. The predicted molar refractivity (Wildman–Crippen MR) is 338 cm³/mol. The van der Waals surface area contributed by atoms with Crippen LogP contribution in [0.1, 0.15) is 179 Å². The Balaban J connectivity index is 1.20. The predicted octanol–water partition coefficient (Wildman–Crippen LogP) is 19.9. The highest BCUT2D eigenvalue weighted by molar-refractivity contribution is 5.99. The minimum Gasteiger partial charge on any atom is -0.494 e. The summed E-state index contributed by atoms with van der Waals surface area (Å²) in [6, 6.07) is 41.7. The van der Waals surface area contributed by atoms with Gasteiger partial charge >= 0.3 is 0 Å². The Bertz CT molecular complexity index is 3380. The molecular weight excluding hydrogens is 999 g/mol.